The topological polar surface area (TPSA) is 9.23 Å². The standard InChI is InChI=1S/C44H26O/c1-3-13-39(35(11-1)33-23-19-31-17-15-27-7-5-9-29-21-25-37(33)43(31)41(27)29)45-40-14-4-2-12-36(40)34-24-20-32-18-16-28-8-6-10-30-22-26-38(34)44(32)42(28)30/h1-26H. The van der Waals surface area contributed by atoms with Crippen molar-refractivity contribution >= 4 is 64.6 Å². The average molecular weight is 571 g/mol. The van der Waals surface area contributed by atoms with E-state index in [-0.39, 0.29) is 0 Å². The van der Waals surface area contributed by atoms with Crippen molar-refractivity contribution in [2.75, 3.05) is 0 Å². The first-order chi connectivity index (χ1) is 22.3. The molecule has 1 nitrogen and oxygen atoms in total. The predicted molar refractivity (Wildman–Crippen MR) is 191 cm³/mol. The lowest BCUT2D eigenvalue weighted by Crippen LogP contribution is -1.93. The smallest absolute Gasteiger partial charge is 0.135 e. The van der Waals surface area contributed by atoms with Crippen LogP contribution in [0.1, 0.15) is 0 Å². The molecule has 0 aliphatic carbocycles. The molecule has 0 radical (unpaired) electrons. The molecule has 0 aliphatic rings. The molecule has 0 fully saturated rings. The van der Waals surface area contributed by atoms with Crippen molar-refractivity contribution in [3.8, 4) is 33.8 Å². The summed E-state index contributed by atoms with van der Waals surface area (Å²) in [4.78, 5) is 0. The van der Waals surface area contributed by atoms with E-state index in [2.05, 4.69) is 158 Å². The van der Waals surface area contributed by atoms with Crippen molar-refractivity contribution in [1.29, 1.82) is 0 Å². The van der Waals surface area contributed by atoms with Gasteiger partial charge in [0.2, 0.25) is 0 Å². The fraction of sp³-hybridized carbons (Fsp3) is 0. The van der Waals surface area contributed by atoms with Crippen molar-refractivity contribution in [2.45, 2.75) is 0 Å². The van der Waals surface area contributed by atoms with E-state index in [1.54, 1.807) is 0 Å². The van der Waals surface area contributed by atoms with E-state index in [4.69, 9.17) is 4.74 Å². The highest BCUT2D eigenvalue weighted by atomic mass is 16.5. The molecule has 0 unspecified atom stereocenters. The highest BCUT2D eigenvalue weighted by Crippen LogP contribution is 2.45. The van der Waals surface area contributed by atoms with Gasteiger partial charge in [0, 0.05) is 11.1 Å². The van der Waals surface area contributed by atoms with Gasteiger partial charge >= 0.3 is 0 Å². The molecule has 0 bridgehead atoms. The van der Waals surface area contributed by atoms with Crippen LogP contribution in [0.4, 0.5) is 0 Å². The van der Waals surface area contributed by atoms with Crippen LogP contribution in [-0.4, -0.2) is 0 Å². The number of ether oxygens (including phenoxy) is 1. The Labute approximate surface area is 260 Å². The van der Waals surface area contributed by atoms with E-state index in [0.717, 1.165) is 22.6 Å². The van der Waals surface area contributed by atoms with E-state index in [9.17, 15) is 0 Å². The molecule has 0 amide bonds. The molecule has 0 N–H and O–H groups in total. The molecule has 0 aliphatic heterocycles. The second-order valence-electron chi connectivity index (χ2n) is 12.0. The lowest BCUT2D eigenvalue weighted by Gasteiger charge is -2.19. The van der Waals surface area contributed by atoms with Gasteiger partial charge in [-0.15, -0.1) is 0 Å². The van der Waals surface area contributed by atoms with Crippen LogP contribution in [0, 0.1) is 0 Å². The van der Waals surface area contributed by atoms with Gasteiger partial charge < -0.3 is 4.74 Å². The van der Waals surface area contributed by atoms with Crippen molar-refractivity contribution in [3.05, 3.63) is 158 Å². The van der Waals surface area contributed by atoms with Gasteiger partial charge in [0.25, 0.3) is 0 Å². The highest BCUT2D eigenvalue weighted by molar-refractivity contribution is 6.26. The fourth-order valence-electron chi connectivity index (χ4n) is 7.62. The minimum absolute atomic E-state index is 0.845. The molecule has 0 saturated heterocycles. The Morgan fingerprint density at radius 1 is 0.244 bits per heavy atom. The molecule has 45 heavy (non-hydrogen) atoms. The highest BCUT2D eigenvalue weighted by Gasteiger charge is 2.18. The molecule has 208 valence electrons. The minimum atomic E-state index is 0.845. The summed E-state index contributed by atoms with van der Waals surface area (Å²) in [6, 6.07) is 57.0. The molecule has 0 atom stereocenters. The molecule has 10 aromatic carbocycles. The maximum Gasteiger partial charge on any atom is 0.135 e. The number of rotatable bonds is 4. The molecular formula is C44H26O. The van der Waals surface area contributed by atoms with Gasteiger partial charge in [0.05, 0.1) is 0 Å². The molecule has 10 aromatic rings. The zero-order chi connectivity index (χ0) is 29.5. The van der Waals surface area contributed by atoms with E-state index in [1.165, 1.54) is 75.8 Å². The summed E-state index contributed by atoms with van der Waals surface area (Å²) in [6.45, 7) is 0. The SMILES string of the molecule is c1ccc(-c2ccc3ccc4cccc5ccc2c3c45)c(Oc2ccccc2-c2ccc3ccc4cccc5ccc2c3c45)c1. The van der Waals surface area contributed by atoms with Gasteiger partial charge in [-0.1, -0.05) is 146 Å². The first-order valence-corrected chi connectivity index (χ1v) is 15.5. The number of benzene rings is 10. The van der Waals surface area contributed by atoms with Gasteiger partial charge in [-0.25, -0.2) is 0 Å². The monoisotopic (exact) mass is 570 g/mol. The molecular weight excluding hydrogens is 544 g/mol. The summed E-state index contributed by atoms with van der Waals surface area (Å²) < 4.78 is 6.93. The van der Waals surface area contributed by atoms with Crippen molar-refractivity contribution in [1.82, 2.24) is 0 Å². The lowest BCUT2D eigenvalue weighted by molar-refractivity contribution is 0.486. The second-order valence-corrected chi connectivity index (χ2v) is 12.0. The predicted octanol–water partition coefficient (Wildman–Crippen LogP) is 12.6. The third-order valence-corrected chi connectivity index (χ3v) is 9.63. The average Bonchev–Trinajstić information content (AvgIpc) is 3.10. The Morgan fingerprint density at radius 3 is 1.04 bits per heavy atom. The van der Waals surface area contributed by atoms with Crippen molar-refractivity contribution in [3.63, 3.8) is 0 Å². The third kappa shape index (κ3) is 3.56. The summed E-state index contributed by atoms with van der Waals surface area (Å²) in [5.41, 5.74) is 4.52. The van der Waals surface area contributed by atoms with Gasteiger partial charge in [-0.05, 0) is 87.9 Å². The molecule has 0 spiro atoms. The van der Waals surface area contributed by atoms with Gasteiger partial charge in [0.1, 0.15) is 11.5 Å². The maximum absolute atomic E-state index is 6.93. The summed E-state index contributed by atoms with van der Waals surface area (Å²) in [6.07, 6.45) is 0. The second kappa shape index (κ2) is 9.29. The molecule has 10 rings (SSSR count). The van der Waals surface area contributed by atoms with Crippen LogP contribution in [0.25, 0.3) is 86.9 Å². The minimum Gasteiger partial charge on any atom is -0.456 e. The molecule has 0 aromatic heterocycles. The Hall–Kier alpha value is -5.92. The van der Waals surface area contributed by atoms with Crippen LogP contribution < -0.4 is 4.74 Å². The van der Waals surface area contributed by atoms with Gasteiger partial charge in [-0.3, -0.25) is 0 Å². The quantitative estimate of drug-likeness (QED) is 0.191. The van der Waals surface area contributed by atoms with E-state index in [1.807, 2.05) is 0 Å². The van der Waals surface area contributed by atoms with Crippen LogP contribution in [0.3, 0.4) is 0 Å². The zero-order valence-corrected chi connectivity index (χ0v) is 24.4. The summed E-state index contributed by atoms with van der Waals surface area (Å²) >= 11 is 0. The van der Waals surface area contributed by atoms with Gasteiger partial charge in [-0.2, -0.15) is 0 Å². The first kappa shape index (κ1) is 24.5. The van der Waals surface area contributed by atoms with Crippen LogP contribution >= 0.6 is 0 Å². The van der Waals surface area contributed by atoms with Crippen molar-refractivity contribution < 1.29 is 4.74 Å². The Balaban J connectivity index is 1.15. The van der Waals surface area contributed by atoms with Crippen LogP contribution in [0.15, 0.2) is 158 Å². The van der Waals surface area contributed by atoms with E-state index in [0.29, 0.717) is 0 Å². The number of para-hydroxylation sites is 2. The maximum atomic E-state index is 6.93. The zero-order valence-electron chi connectivity index (χ0n) is 24.4. The fourth-order valence-corrected chi connectivity index (χ4v) is 7.62. The first-order valence-electron chi connectivity index (χ1n) is 15.5. The normalized spacial score (nSPS) is 12.0. The Morgan fingerprint density at radius 2 is 0.600 bits per heavy atom. The largest absolute Gasteiger partial charge is 0.456 e. The Bertz CT molecular complexity index is 2510. The van der Waals surface area contributed by atoms with Crippen molar-refractivity contribution in [2.24, 2.45) is 0 Å². The number of hydrogen-bond acceptors (Lipinski definition) is 1. The van der Waals surface area contributed by atoms with Gasteiger partial charge in [0.15, 0.2) is 0 Å². The van der Waals surface area contributed by atoms with E-state index >= 15 is 0 Å². The summed E-state index contributed by atoms with van der Waals surface area (Å²) in [5, 5.41) is 15.4. The molecule has 0 heterocycles. The van der Waals surface area contributed by atoms with Crippen LogP contribution in [0.5, 0.6) is 11.5 Å². The van der Waals surface area contributed by atoms with Crippen LogP contribution in [0.2, 0.25) is 0 Å². The summed E-state index contributed by atoms with van der Waals surface area (Å²) in [7, 11) is 0. The summed E-state index contributed by atoms with van der Waals surface area (Å²) in [5.74, 6) is 1.69. The van der Waals surface area contributed by atoms with Crippen LogP contribution in [-0.2, 0) is 0 Å². The lowest BCUT2D eigenvalue weighted by atomic mass is 9.89. The number of hydrogen-bond donors (Lipinski definition) is 0. The third-order valence-electron chi connectivity index (χ3n) is 9.63. The van der Waals surface area contributed by atoms with E-state index < -0.39 is 0 Å². The molecule has 1 heteroatoms. The molecule has 0 saturated carbocycles. The Kier molecular flexibility index (Phi) is 5.06.